The molecule has 0 radical (unpaired) electrons. The van der Waals surface area contributed by atoms with Gasteiger partial charge in [0, 0.05) is 60.6 Å². The monoisotopic (exact) mass is 829 g/mol. The first-order valence-electron chi connectivity index (χ1n) is 21.9. The first kappa shape index (κ1) is 35.7. The molecule has 0 saturated heterocycles. The van der Waals surface area contributed by atoms with Gasteiger partial charge >= 0.3 is 0 Å². The molecule has 0 aliphatic carbocycles. The van der Waals surface area contributed by atoms with Gasteiger partial charge in [-0.2, -0.15) is 0 Å². The van der Waals surface area contributed by atoms with Crippen molar-refractivity contribution in [2.45, 2.75) is 0 Å². The van der Waals surface area contributed by atoms with Crippen LogP contribution in [0.2, 0.25) is 0 Å². The van der Waals surface area contributed by atoms with Crippen LogP contribution in [0.25, 0.3) is 133 Å². The molecule has 65 heavy (non-hydrogen) atoms. The molecule has 6 heteroatoms. The van der Waals surface area contributed by atoms with Crippen LogP contribution in [0.15, 0.2) is 217 Å². The summed E-state index contributed by atoms with van der Waals surface area (Å²) in [4.78, 5) is 15.7. The van der Waals surface area contributed by atoms with Crippen molar-refractivity contribution in [2.24, 2.45) is 0 Å². The molecule has 0 atom stereocenters. The van der Waals surface area contributed by atoms with Gasteiger partial charge in [0.2, 0.25) is 0 Å². The number of rotatable bonds is 5. The molecular formula is C59H35N5O. The molecule has 302 valence electrons. The lowest BCUT2D eigenvalue weighted by molar-refractivity contribution is 0.669. The third-order valence-electron chi connectivity index (χ3n) is 13.1. The van der Waals surface area contributed by atoms with E-state index < -0.39 is 0 Å². The second-order valence-corrected chi connectivity index (χ2v) is 16.8. The van der Waals surface area contributed by atoms with Gasteiger partial charge in [0.15, 0.2) is 17.5 Å². The Labute approximate surface area is 371 Å². The molecule has 0 amide bonds. The van der Waals surface area contributed by atoms with Crippen molar-refractivity contribution < 1.29 is 4.42 Å². The molecule has 6 nitrogen and oxygen atoms in total. The normalized spacial score (nSPS) is 12.0. The van der Waals surface area contributed by atoms with Crippen molar-refractivity contribution in [1.29, 1.82) is 0 Å². The SMILES string of the molecule is c1ccc(-c2nc(-c3ccc4c(c3)c3ccccc3n4-c3ccccc3)nc(-c3cccc4c3oc3cc(-n5c6ccccc6c6cc7ccccc7cc65)c5ccccc5c34)n2)cc1. The average molecular weight is 830 g/mol. The molecule has 0 saturated carbocycles. The minimum absolute atomic E-state index is 0.545. The molecule has 0 aliphatic heterocycles. The van der Waals surface area contributed by atoms with E-state index in [9.17, 15) is 0 Å². The lowest BCUT2D eigenvalue weighted by Gasteiger charge is -2.13. The van der Waals surface area contributed by atoms with Crippen LogP contribution in [0.5, 0.6) is 0 Å². The zero-order valence-corrected chi connectivity index (χ0v) is 34.9. The third kappa shape index (κ3) is 5.38. The summed E-state index contributed by atoms with van der Waals surface area (Å²) in [5.74, 6) is 1.73. The van der Waals surface area contributed by atoms with Crippen LogP contribution in [-0.4, -0.2) is 24.1 Å². The molecule has 4 heterocycles. The van der Waals surface area contributed by atoms with Crippen molar-refractivity contribution >= 4 is 87.1 Å². The summed E-state index contributed by atoms with van der Waals surface area (Å²) in [6.45, 7) is 0. The maximum Gasteiger partial charge on any atom is 0.167 e. The molecule has 0 fully saturated rings. The van der Waals surface area contributed by atoms with Crippen LogP contribution in [0.1, 0.15) is 0 Å². The van der Waals surface area contributed by atoms with E-state index in [1.807, 2.05) is 30.3 Å². The van der Waals surface area contributed by atoms with Gasteiger partial charge in [0.25, 0.3) is 0 Å². The standard InChI is InChI=1S/C59H35N5O/c1-3-16-36(17-4-1)57-60-58(39-30-31-51-47(33-39)42-23-11-13-28-49(42)63(51)40-20-5-2-6-21-40)62-59(61-57)46-27-15-26-45-55-44-25-10-9-22-41(44)53(35-54(55)65-56(45)46)64-50-29-14-12-24-43(50)48-32-37-18-7-8-19-38(37)34-52(48)64/h1-35H. The highest BCUT2D eigenvalue weighted by atomic mass is 16.3. The van der Waals surface area contributed by atoms with Gasteiger partial charge < -0.3 is 13.6 Å². The molecule has 0 N–H and O–H groups in total. The summed E-state index contributed by atoms with van der Waals surface area (Å²) in [7, 11) is 0. The highest BCUT2D eigenvalue weighted by Gasteiger charge is 2.23. The summed E-state index contributed by atoms with van der Waals surface area (Å²) in [5, 5.41) is 11.5. The second kappa shape index (κ2) is 13.8. The summed E-state index contributed by atoms with van der Waals surface area (Å²) in [5.41, 5.74) is 10.9. The van der Waals surface area contributed by atoms with Crippen molar-refractivity contribution in [2.75, 3.05) is 0 Å². The minimum atomic E-state index is 0.545. The molecule has 14 aromatic rings. The largest absolute Gasteiger partial charge is 0.455 e. The van der Waals surface area contributed by atoms with Crippen LogP contribution < -0.4 is 0 Å². The first-order valence-corrected chi connectivity index (χ1v) is 21.9. The number of hydrogen-bond donors (Lipinski definition) is 0. The van der Waals surface area contributed by atoms with E-state index >= 15 is 0 Å². The molecule has 0 aliphatic rings. The van der Waals surface area contributed by atoms with Gasteiger partial charge in [-0.05, 0) is 76.8 Å². The summed E-state index contributed by atoms with van der Waals surface area (Å²) < 4.78 is 11.8. The second-order valence-electron chi connectivity index (χ2n) is 16.8. The fourth-order valence-electron chi connectivity index (χ4n) is 10.2. The van der Waals surface area contributed by atoms with Gasteiger partial charge in [0.05, 0.1) is 33.3 Å². The highest BCUT2D eigenvalue weighted by molar-refractivity contribution is 6.23. The Morgan fingerprint density at radius 3 is 1.68 bits per heavy atom. The number of para-hydroxylation sites is 4. The number of aromatic nitrogens is 5. The van der Waals surface area contributed by atoms with Crippen molar-refractivity contribution in [3.63, 3.8) is 0 Å². The van der Waals surface area contributed by atoms with Crippen LogP contribution in [0.3, 0.4) is 0 Å². The van der Waals surface area contributed by atoms with Crippen LogP contribution in [0.4, 0.5) is 0 Å². The fourth-order valence-corrected chi connectivity index (χ4v) is 10.2. The Kier molecular flexibility index (Phi) is 7.59. The Bertz CT molecular complexity index is 4240. The van der Waals surface area contributed by atoms with Crippen molar-refractivity contribution in [3.05, 3.63) is 212 Å². The van der Waals surface area contributed by atoms with E-state index in [1.165, 1.54) is 26.9 Å². The lowest BCUT2D eigenvalue weighted by atomic mass is 10.0. The quantitative estimate of drug-likeness (QED) is 0.173. The van der Waals surface area contributed by atoms with Crippen LogP contribution in [0, 0.1) is 0 Å². The Morgan fingerprint density at radius 1 is 0.338 bits per heavy atom. The number of hydrogen-bond acceptors (Lipinski definition) is 4. The average Bonchev–Trinajstić information content (AvgIpc) is 4.03. The predicted molar refractivity (Wildman–Crippen MR) is 267 cm³/mol. The molecule has 14 rings (SSSR count). The zero-order chi connectivity index (χ0) is 42.6. The smallest absolute Gasteiger partial charge is 0.167 e. The van der Waals surface area contributed by atoms with E-state index in [-0.39, 0.29) is 0 Å². The van der Waals surface area contributed by atoms with Crippen LogP contribution >= 0.6 is 0 Å². The Hall–Kier alpha value is -8.87. The predicted octanol–water partition coefficient (Wildman–Crippen LogP) is 15.3. The Balaban J connectivity index is 1.000. The fraction of sp³-hybridized carbons (Fsp3) is 0. The van der Waals surface area contributed by atoms with Crippen molar-refractivity contribution in [3.8, 4) is 45.5 Å². The summed E-state index contributed by atoms with van der Waals surface area (Å²) in [6, 6.07) is 74.9. The van der Waals surface area contributed by atoms with Gasteiger partial charge in [-0.25, -0.2) is 15.0 Å². The number of nitrogens with zero attached hydrogens (tertiary/aromatic N) is 5. The number of fused-ring (bicyclic) bond motifs is 12. The molecule has 10 aromatic carbocycles. The zero-order valence-electron chi connectivity index (χ0n) is 34.9. The van der Waals surface area contributed by atoms with Gasteiger partial charge in [0.1, 0.15) is 11.2 Å². The minimum Gasteiger partial charge on any atom is -0.455 e. The molecular weight excluding hydrogens is 795 g/mol. The van der Waals surface area contributed by atoms with E-state index in [0.29, 0.717) is 17.5 Å². The van der Waals surface area contributed by atoms with E-state index in [2.05, 4.69) is 191 Å². The first-order chi connectivity index (χ1) is 32.2. The lowest BCUT2D eigenvalue weighted by Crippen LogP contribution is -2.00. The van der Waals surface area contributed by atoms with E-state index in [4.69, 9.17) is 19.4 Å². The molecule has 0 bridgehead atoms. The summed E-state index contributed by atoms with van der Waals surface area (Å²) >= 11 is 0. The third-order valence-corrected chi connectivity index (χ3v) is 13.1. The number of furan rings is 1. The molecule has 4 aromatic heterocycles. The molecule has 0 unspecified atom stereocenters. The van der Waals surface area contributed by atoms with Crippen LogP contribution in [-0.2, 0) is 0 Å². The van der Waals surface area contributed by atoms with Gasteiger partial charge in [-0.1, -0.05) is 146 Å². The topological polar surface area (TPSA) is 61.7 Å². The maximum absolute atomic E-state index is 7.10. The van der Waals surface area contributed by atoms with E-state index in [0.717, 1.165) is 88.2 Å². The Morgan fingerprint density at radius 2 is 0.908 bits per heavy atom. The van der Waals surface area contributed by atoms with Crippen molar-refractivity contribution in [1.82, 2.24) is 24.1 Å². The number of benzene rings is 10. The van der Waals surface area contributed by atoms with Gasteiger partial charge in [-0.15, -0.1) is 0 Å². The molecule has 0 spiro atoms. The van der Waals surface area contributed by atoms with Gasteiger partial charge in [-0.3, -0.25) is 0 Å². The maximum atomic E-state index is 7.10. The highest BCUT2D eigenvalue weighted by Crippen LogP contribution is 2.44. The van der Waals surface area contributed by atoms with E-state index in [1.54, 1.807) is 0 Å². The summed E-state index contributed by atoms with van der Waals surface area (Å²) in [6.07, 6.45) is 0.